The van der Waals surface area contributed by atoms with Crippen molar-refractivity contribution in [3.8, 4) is 5.69 Å². The van der Waals surface area contributed by atoms with E-state index in [0.717, 1.165) is 12.1 Å². The maximum Gasteiger partial charge on any atom is 0.294 e. The first kappa shape index (κ1) is 18.9. The number of halogens is 1. The first-order valence-electron chi connectivity index (χ1n) is 8.02. The minimum atomic E-state index is -0.354. The molecule has 2 amide bonds. The van der Waals surface area contributed by atoms with Crippen molar-refractivity contribution in [2.75, 3.05) is 27.2 Å². The van der Waals surface area contributed by atoms with Crippen LogP contribution in [-0.4, -0.2) is 63.6 Å². The molecule has 0 unspecified atom stereocenters. The number of rotatable bonds is 6. The number of aromatic nitrogens is 3. The van der Waals surface area contributed by atoms with Gasteiger partial charge in [0, 0.05) is 25.7 Å². The van der Waals surface area contributed by atoms with Crippen LogP contribution in [0.3, 0.4) is 0 Å². The van der Waals surface area contributed by atoms with Crippen molar-refractivity contribution in [3.63, 3.8) is 0 Å². The van der Waals surface area contributed by atoms with E-state index >= 15 is 0 Å². The van der Waals surface area contributed by atoms with Gasteiger partial charge in [0.1, 0.15) is 12.4 Å². The third kappa shape index (κ3) is 4.57. The van der Waals surface area contributed by atoms with Crippen molar-refractivity contribution in [1.82, 2.24) is 24.6 Å². The van der Waals surface area contributed by atoms with Crippen LogP contribution >= 0.6 is 11.6 Å². The van der Waals surface area contributed by atoms with E-state index in [0.29, 0.717) is 17.4 Å². The monoisotopic (exact) mass is 363 g/mol. The Labute approximate surface area is 152 Å². The summed E-state index contributed by atoms with van der Waals surface area (Å²) in [5.74, 6) is 0.164. The second kappa shape index (κ2) is 8.11. The highest BCUT2D eigenvalue weighted by atomic mass is 35.5. The van der Waals surface area contributed by atoms with Gasteiger partial charge in [-0.2, -0.15) is 0 Å². The molecule has 0 spiro atoms. The van der Waals surface area contributed by atoms with Crippen molar-refractivity contribution < 1.29 is 9.59 Å². The zero-order chi connectivity index (χ0) is 18.6. The fraction of sp³-hybridized carbons (Fsp3) is 0.412. The first-order valence-corrected chi connectivity index (χ1v) is 8.40. The molecule has 0 aliphatic rings. The SMILES string of the molecule is CCCN(CC(=O)N(C)C)C(=O)c1nc(C)n(-c2ccc(Cl)cc2)n1. The van der Waals surface area contributed by atoms with Crippen LogP contribution in [0.1, 0.15) is 29.8 Å². The van der Waals surface area contributed by atoms with Gasteiger partial charge in [0.2, 0.25) is 11.7 Å². The van der Waals surface area contributed by atoms with Gasteiger partial charge in [-0.15, -0.1) is 5.10 Å². The minimum absolute atomic E-state index is 0.00814. The maximum atomic E-state index is 12.7. The van der Waals surface area contributed by atoms with E-state index < -0.39 is 0 Å². The molecule has 0 aliphatic carbocycles. The lowest BCUT2D eigenvalue weighted by Crippen LogP contribution is -2.41. The predicted octanol–water partition coefficient (Wildman–Crippen LogP) is 2.17. The Balaban J connectivity index is 2.27. The molecule has 2 rings (SSSR count). The average Bonchev–Trinajstić information content (AvgIpc) is 2.96. The molecule has 1 aromatic carbocycles. The van der Waals surface area contributed by atoms with Gasteiger partial charge < -0.3 is 9.80 Å². The number of benzene rings is 1. The van der Waals surface area contributed by atoms with Gasteiger partial charge in [0.15, 0.2) is 0 Å². The van der Waals surface area contributed by atoms with Gasteiger partial charge in [-0.3, -0.25) is 9.59 Å². The van der Waals surface area contributed by atoms with E-state index in [4.69, 9.17) is 11.6 Å². The predicted molar refractivity (Wildman–Crippen MR) is 96.0 cm³/mol. The second-order valence-corrected chi connectivity index (χ2v) is 6.32. The third-order valence-corrected chi connectivity index (χ3v) is 3.89. The number of aryl methyl sites for hydroxylation is 1. The van der Waals surface area contributed by atoms with Crippen LogP contribution < -0.4 is 0 Å². The highest BCUT2D eigenvalue weighted by Crippen LogP contribution is 2.15. The van der Waals surface area contributed by atoms with E-state index in [1.54, 1.807) is 50.0 Å². The van der Waals surface area contributed by atoms with Gasteiger partial charge in [-0.05, 0) is 37.6 Å². The van der Waals surface area contributed by atoms with Crippen LogP contribution in [-0.2, 0) is 4.79 Å². The lowest BCUT2D eigenvalue weighted by atomic mass is 10.3. The number of likely N-dealkylation sites (N-methyl/N-ethyl adjacent to an activating group) is 1. The largest absolute Gasteiger partial charge is 0.347 e. The molecule has 2 aromatic rings. The molecule has 1 heterocycles. The summed E-state index contributed by atoms with van der Waals surface area (Å²) in [5, 5.41) is 4.93. The van der Waals surface area contributed by atoms with Crippen LogP contribution in [0.15, 0.2) is 24.3 Å². The van der Waals surface area contributed by atoms with E-state index in [-0.39, 0.29) is 24.2 Å². The van der Waals surface area contributed by atoms with Gasteiger partial charge in [0.05, 0.1) is 5.69 Å². The van der Waals surface area contributed by atoms with Gasteiger partial charge >= 0.3 is 0 Å². The summed E-state index contributed by atoms with van der Waals surface area (Å²) in [6, 6.07) is 7.10. The molecule has 0 N–H and O–H groups in total. The Morgan fingerprint density at radius 3 is 2.40 bits per heavy atom. The molecule has 0 bridgehead atoms. The summed E-state index contributed by atoms with van der Waals surface area (Å²) in [5.41, 5.74) is 0.764. The standard InChI is InChI=1S/C17H22ClN5O2/c1-5-10-22(11-15(24)21(3)4)17(25)16-19-12(2)23(20-16)14-8-6-13(18)7-9-14/h6-9H,5,10-11H2,1-4H3. The summed E-state index contributed by atoms with van der Waals surface area (Å²) in [7, 11) is 3.32. The highest BCUT2D eigenvalue weighted by molar-refractivity contribution is 6.30. The number of carbonyl (C=O) groups excluding carboxylic acids is 2. The summed E-state index contributed by atoms with van der Waals surface area (Å²) >= 11 is 5.90. The van der Waals surface area contributed by atoms with Crippen molar-refractivity contribution >= 4 is 23.4 Å². The molecule has 1 aromatic heterocycles. The summed E-state index contributed by atoms with van der Waals surface area (Å²) in [6.45, 7) is 4.19. The van der Waals surface area contributed by atoms with Crippen LogP contribution in [0.2, 0.25) is 5.02 Å². The summed E-state index contributed by atoms with van der Waals surface area (Å²) in [6.07, 6.45) is 0.739. The average molecular weight is 364 g/mol. The van der Waals surface area contributed by atoms with Crippen LogP contribution in [0, 0.1) is 6.92 Å². The Morgan fingerprint density at radius 2 is 1.84 bits per heavy atom. The number of hydrogen-bond acceptors (Lipinski definition) is 4. The van der Waals surface area contributed by atoms with Crippen LogP contribution in [0.25, 0.3) is 5.69 Å². The number of hydrogen-bond donors (Lipinski definition) is 0. The Bertz CT molecular complexity index is 755. The molecular weight excluding hydrogens is 342 g/mol. The summed E-state index contributed by atoms with van der Waals surface area (Å²) in [4.78, 5) is 31.9. The topological polar surface area (TPSA) is 71.3 Å². The lowest BCUT2D eigenvalue weighted by Gasteiger charge is -2.22. The zero-order valence-corrected chi connectivity index (χ0v) is 15.6. The van der Waals surface area contributed by atoms with E-state index in [1.165, 1.54) is 9.80 Å². The quantitative estimate of drug-likeness (QED) is 0.788. The van der Waals surface area contributed by atoms with Gasteiger partial charge in [-0.25, -0.2) is 9.67 Å². The smallest absolute Gasteiger partial charge is 0.294 e. The van der Waals surface area contributed by atoms with E-state index in [9.17, 15) is 9.59 Å². The fourth-order valence-corrected chi connectivity index (χ4v) is 2.40. The van der Waals surface area contributed by atoms with Crippen molar-refractivity contribution in [2.24, 2.45) is 0 Å². The number of nitrogens with zero attached hydrogens (tertiary/aromatic N) is 5. The Hall–Kier alpha value is -2.41. The summed E-state index contributed by atoms with van der Waals surface area (Å²) < 4.78 is 1.58. The normalized spacial score (nSPS) is 10.6. The zero-order valence-electron chi connectivity index (χ0n) is 14.9. The number of carbonyl (C=O) groups is 2. The third-order valence-electron chi connectivity index (χ3n) is 3.64. The second-order valence-electron chi connectivity index (χ2n) is 5.89. The van der Waals surface area contributed by atoms with Crippen LogP contribution in [0.4, 0.5) is 0 Å². The van der Waals surface area contributed by atoms with Crippen LogP contribution in [0.5, 0.6) is 0 Å². The van der Waals surface area contributed by atoms with Gasteiger partial charge in [-0.1, -0.05) is 18.5 Å². The molecule has 134 valence electrons. The molecule has 25 heavy (non-hydrogen) atoms. The molecule has 7 nitrogen and oxygen atoms in total. The molecule has 0 radical (unpaired) electrons. The minimum Gasteiger partial charge on any atom is -0.347 e. The molecule has 0 saturated heterocycles. The Morgan fingerprint density at radius 1 is 1.20 bits per heavy atom. The van der Waals surface area contributed by atoms with Crippen molar-refractivity contribution in [3.05, 3.63) is 40.9 Å². The molecule has 0 fully saturated rings. The molecule has 0 aliphatic heterocycles. The van der Waals surface area contributed by atoms with Crippen molar-refractivity contribution in [1.29, 1.82) is 0 Å². The molecule has 0 saturated carbocycles. The van der Waals surface area contributed by atoms with Crippen molar-refractivity contribution in [2.45, 2.75) is 20.3 Å². The van der Waals surface area contributed by atoms with E-state index in [1.807, 2.05) is 6.92 Å². The molecular formula is C17H22ClN5O2. The number of amides is 2. The fourth-order valence-electron chi connectivity index (χ4n) is 2.28. The Kier molecular flexibility index (Phi) is 6.14. The highest BCUT2D eigenvalue weighted by Gasteiger charge is 2.23. The molecule has 0 atom stereocenters. The first-order chi connectivity index (χ1) is 11.8. The maximum absolute atomic E-state index is 12.7. The van der Waals surface area contributed by atoms with E-state index in [2.05, 4.69) is 10.1 Å². The lowest BCUT2D eigenvalue weighted by molar-refractivity contribution is -0.129. The molecule has 8 heteroatoms. The van der Waals surface area contributed by atoms with Gasteiger partial charge in [0.25, 0.3) is 5.91 Å².